The van der Waals surface area contributed by atoms with E-state index in [1.807, 2.05) is 0 Å². The van der Waals surface area contributed by atoms with Crippen molar-refractivity contribution < 1.29 is 8.78 Å². The van der Waals surface area contributed by atoms with Gasteiger partial charge in [-0.2, -0.15) is 0 Å². The summed E-state index contributed by atoms with van der Waals surface area (Å²) in [6.07, 6.45) is 27.4. The number of hydrogen-bond acceptors (Lipinski definition) is 0. The fraction of sp³-hybridized carbons (Fsp3) is 1.00. The van der Waals surface area contributed by atoms with Gasteiger partial charge in [-0.3, -0.25) is 0 Å². The Morgan fingerprint density at radius 3 is 0.742 bits per heavy atom. The predicted molar refractivity (Wildman–Crippen MR) is 138 cm³/mol. The van der Waals surface area contributed by atoms with Gasteiger partial charge in [0, 0.05) is 12.8 Å². The van der Waals surface area contributed by atoms with Crippen molar-refractivity contribution in [2.45, 2.75) is 188 Å². The van der Waals surface area contributed by atoms with Crippen molar-refractivity contribution in [2.24, 2.45) is 0 Å². The Labute approximate surface area is 196 Å². The zero-order valence-electron chi connectivity index (χ0n) is 22.2. The molecule has 31 heavy (non-hydrogen) atoms. The van der Waals surface area contributed by atoms with Crippen molar-refractivity contribution in [1.82, 2.24) is 0 Å². The third kappa shape index (κ3) is 32.1. The highest BCUT2D eigenvalue weighted by atomic mass is 19.3. The number of unbranched alkanes of at least 4 members (excludes halogenated alkanes) is 19. The maximum atomic E-state index is 13.7. The summed E-state index contributed by atoms with van der Waals surface area (Å²) in [5.74, 6) is -2.41. The van der Waals surface area contributed by atoms with E-state index in [0.717, 1.165) is 25.7 Å². The summed E-state index contributed by atoms with van der Waals surface area (Å²) >= 11 is 0. The van der Waals surface area contributed by atoms with Crippen molar-refractivity contribution in [3.63, 3.8) is 0 Å². The van der Waals surface area contributed by atoms with Gasteiger partial charge in [-0.05, 0) is 12.8 Å². The molecule has 0 aromatic carbocycles. The molecule has 0 heterocycles. The summed E-state index contributed by atoms with van der Waals surface area (Å²) in [6, 6.07) is 0. The summed E-state index contributed by atoms with van der Waals surface area (Å²) in [6.45, 7) is 8.94. The standard InChI is InChI=1S/C19H38F2.C10H22/c1-3-5-7-9-11-13-15-17-19(20,21)18-16-14-12-10-8-6-4-2;1-3-5-7-9-10-8-6-4-2/h3-18H2,1-2H3;3-10H2,1-2H3. The zero-order chi connectivity index (χ0) is 23.5. The van der Waals surface area contributed by atoms with Gasteiger partial charge in [-0.15, -0.1) is 0 Å². The van der Waals surface area contributed by atoms with Gasteiger partial charge in [-0.25, -0.2) is 8.78 Å². The molecule has 0 aromatic rings. The van der Waals surface area contributed by atoms with Crippen LogP contribution in [0, 0.1) is 0 Å². The lowest BCUT2D eigenvalue weighted by atomic mass is 10.0. The lowest BCUT2D eigenvalue weighted by molar-refractivity contribution is -0.0206. The highest BCUT2D eigenvalue weighted by molar-refractivity contribution is 4.66. The highest BCUT2D eigenvalue weighted by Crippen LogP contribution is 2.28. The maximum Gasteiger partial charge on any atom is 0.248 e. The second-order valence-electron chi connectivity index (χ2n) is 9.72. The lowest BCUT2D eigenvalue weighted by Crippen LogP contribution is -2.15. The first-order valence-corrected chi connectivity index (χ1v) is 14.4. The van der Waals surface area contributed by atoms with E-state index < -0.39 is 5.92 Å². The molecule has 0 fully saturated rings. The average molecular weight is 447 g/mol. The van der Waals surface area contributed by atoms with E-state index in [2.05, 4.69) is 27.7 Å². The fourth-order valence-corrected chi connectivity index (χ4v) is 4.01. The van der Waals surface area contributed by atoms with Crippen LogP contribution in [0.5, 0.6) is 0 Å². The van der Waals surface area contributed by atoms with Crippen LogP contribution in [0.25, 0.3) is 0 Å². The van der Waals surface area contributed by atoms with Gasteiger partial charge in [0.05, 0.1) is 0 Å². The Hall–Kier alpha value is -0.140. The van der Waals surface area contributed by atoms with Crippen LogP contribution in [0.2, 0.25) is 0 Å². The van der Waals surface area contributed by atoms with Gasteiger partial charge < -0.3 is 0 Å². The van der Waals surface area contributed by atoms with Gasteiger partial charge in [0.1, 0.15) is 0 Å². The maximum absolute atomic E-state index is 13.7. The molecule has 0 amide bonds. The second kappa shape index (κ2) is 27.9. The molecule has 0 aliphatic heterocycles. The van der Waals surface area contributed by atoms with Crippen LogP contribution in [0.3, 0.4) is 0 Å². The molecule has 0 nitrogen and oxygen atoms in total. The topological polar surface area (TPSA) is 0 Å². The average Bonchev–Trinajstić information content (AvgIpc) is 2.75. The molecule has 0 unspecified atom stereocenters. The Balaban J connectivity index is 0. The first kappa shape index (κ1) is 33.0. The second-order valence-corrected chi connectivity index (χ2v) is 9.72. The minimum Gasteiger partial charge on any atom is -0.207 e. The van der Waals surface area contributed by atoms with Gasteiger partial charge in [0.2, 0.25) is 5.92 Å². The monoisotopic (exact) mass is 446 g/mol. The smallest absolute Gasteiger partial charge is 0.207 e. The summed E-state index contributed by atoms with van der Waals surface area (Å²) < 4.78 is 27.4. The van der Waals surface area contributed by atoms with E-state index in [0.29, 0.717) is 12.8 Å². The van der Waals surface area contributed by atoms with E-state index in [1.165, 1.54) is 103 Å². The predicted octanol–water partition coefficient (Wildman–Crippen LogP) is 12.1. The van der Waals surface area contributed by atoms with Crippen molar-refractivity contribution >= 4 is 0 Å². The molecule has 0 aromatic heterocycles. The van der Waals surface area contributed by atoms with E-state index in [4.69, 9.17) is 0 Å². The van der Waals surface area contributed by atoms with Crippen LogP contribution in [0.4, 0.5) is 8.78 Å². The molecule has 2 heteroatoms. The van der Waals surface area contributed by atoms with Crippen molar-refractivity contribution in [3.8, 4) is 0 Å². The molecule has 0 aliphatic carbocycles. The molecule has 190 valence electrons. The Morgan fingerprint density at radius 1 is 0.323 bits per heavy atom. The van der Waals surface area contributed by atoms with Crippen molar-refractivity contribution in [1.29, 1.82) is 0 Å². The van der Waals surface area contributed by atoms with Crippen LogP contribution in [-0.2, 0) is 0 Å². The third-order valence-electron chi connectivity index (χ3n) is 6.25. The van der Waals surface area contributed by atoms with E-state index in [9.17, 15) is 8.78 Å². The minimum absolute atomic E-state index is 0.108. The number of rotatable bonds is 23. The van der Waals surface area contributed by atoms with Gasteiger partial charge >= 0.3 is 0 Å². The molecule has 0 saturated heterocycles. The summed E-state index contributed by atoms with van der Waals surface area (Å²) in [5, 5.41) is 0. The molecular weight excluding hydrogens is 386 g/mol. The van der Waals surface area contributed by atoms with Crippen LogP contribution >= 0.6 is 0 Å². The van der Waals surface area contributed by atoms with Crippen LogP contribution < -0.4 is 0 Å². The molecule has 0 aliphatic rings. The SMILES string of the molecule is CCCCCCCCCC.CCCCCCCCCC(F)(F)CCCCCCCCC. The minimum atomic E-state index is -2.41. The summed E-state index contributed by atoms with van der Waals surface area (Å²) in [5.41, 5.74) is 0. The first-order valence-electron chi connectivity index (χ1n) is 14.4. The highest BCUT2D eigenvalue weighted by Gasteiger charge is 2.26. The lowest BCUT2D eigenvalue weighted by Gasteiger charge is -2.16. The Bertz CT molecular complexity index is 273. The summed E-state index contributed by atoms with van der Waals surface area (Å²) in [4.78, 5) is 0. The summed E-state index contributed by atoms with van der Waals surface area (Å²) in [7, 11) is 0. The van der Waals surface area contributed by atoms with Gasteiger partial charge in [0.15, 0.2) is 0 Å². The number of alkyl halides is 2. The van der Waals surface area contributed by atoms with Gasteiger partial charge in [0.25, 0.3) is 0 Å². The molecule has 0 rings (SSSR count). The van der Waals surface area contributed by atoms with Gasteiger partial charge in [-0.1, -0.05) is 156 Å². The largest absolute Gasteiger partial charge is 0.248 e. The first-order chi connectivity index (χ1) is 15.0. The number of hydrogen-bond donors (Lipinski definition) is 0. The molecular formula is C29H60F2. The van der Waals surface area contributed by atoms with Crippen LogP contribution in [-0.4, -0.2) is 5.92 Å². The quantitative estimate of drug-likeness (QED) is 0.137. The Morgan fingerprint density at radius 2 is 0.516 bits per heavy atom. The molecule has 0 saturated carbocycles. The normalized spacial score (nSPS) is 11.4. The molecule has 0 atom stereocenters. The molecule has 0 spiro atoms. The van der Waals surface area contributed by atoms with E-state index >= 15 is 0 Å². The Kier molecular flexibility index (Phi) is 29.7. The zero-order valence-corrected chi connectivity index (χ0v) is 22.2. The van der Waals surface area contributed by atoms with Crippen molar-refractivity contribution in [2.75, 3.05) is 0 Å². The number of halogens is 2. The van der Waals surface area contributed by atoms with E-state index in [1.54, 1.807) is 0 Å². The van der Waals surface area contributed by atoms with E-state index in [-0.39, 0.29) is 12.8 Å². The fourth-order valence-electron chi connectivity index (χ4n) is 4.01. The molecule has 0 radical (unpaired) electrons. The third-order valence-corrected chi connectivity index (χ3v) is 6.25. The molecule has 0 bridgehead atoms. The van der Waals surface area contributed by atoms with Crippen LogP contribution in [0.1, 0.15) is 182 Å². The van der Waals surface area contributed by atoms with Crippen molar-refractivity contribution in [3.05, 3.63) is 0 Å². The van der Waals surface area contributed by atoms with Crippen LogP contribution in [0.15, 0.2) is 0 Å². The molecule has 0 N–H and O–H groups in total.